The second-order valence-corrected chi connectivity index (χ2v) is 4.13. The van der Waals surface area contributed by atoms with Gasteiger partial charge < -0.3 is 10.0 Å². The van der Waals surface area contributed by atoms with Crippen molar-refractivity contribution in [1.29, 1.82) is 0 Å². The molecule has 0 aliphatic carbocycles. The van der Waals surface area contributed by atoms with Crippen LogP contribution in [0, 0.1) is 5.82 Å². The van der Waals surface area contributed by atoms with Gasteiger partial charge in [0.25, 0.3) is 0 Å². The van der Waals surface area contributed by atoms with E-state index in [0.29, 0.717) is 11.4 Å². The standard InChI is InChI=1S/C14H15FN2O/c1-10(18)13-8-7-11(9-16-13)17(2)14-6-4-3-5-12(14)15/h3-10,18H,1-2H3/t10-/m0/s1. The van der Waals surface area contributed by atoms with Gasteiger partial charge in [0.2, 0.25) is 0 Å². The third-order valence-electron chi connectivity index (χ3n) is 2.80. The van der Waals surface area contributed by atoms with Crippen LogP contribution in [0.1, 0.15) is 18.7 Å². The number of halogens is 1. The van der Waals surface area contributed by atoms with Crippen molar-refractivity contribution in [1.82, 2.24) is 4.98 Å². The summed E-state index contributed by atoms with van der Waals surface area (Å²) in [7, 11) is 1.78. The highest BCUT2D eigenvalue weighted by atomic mass is 19.1. The maximum absolute atomic E-state index is 13.6. The number of para-hydroxylation sites is 1. The summed E-state index contributed by atoms with van der Waals surface area (Å²) in [4.78, 5) is 5.86. The Hall–Kier alpha value is -1.94. The molecule has 4 heteroatoms. The fourth-order valence-electron chi connectivity index (χ4n) is 1.71. The molecule has 0 saturated carbocycles. The van der Waals surface area contributed by atoms with Gasteiger partial charge in [0.15, 0.2) is 0 Å². The van der Waals surface area contributed by atoms with Crippen molar-refractivity contribution in [3.05, 3.63) is 54.1 Å². The zero-order chi connectivity index (χ0) is 13.1. The Labute approximate surface area is 106 Å². The van der Waals surface area contributed by atoms with Crippen LogP contribution >= 0.6 is 0 Å². The van der Waals surface area contributed by atoms with Gasteiger partial charge in [-0.15, -0.1) is 0 Å². The molecule has 2 aromatic rings. The first-order valence-corrected chi connectivity index (χ1v) is 5.72. The van der Waals surface area contributed by atoms with Crippen LogP contribution in [-0.2, 0) is 0 Å². The summed E-state index contributed by atoms with van der Waals surface area (Å²) in [6.07, 6.45) is 1.02. The number of aliphatic hydroxyl groups is 1. The van der Waals surface area contributed by atoms with E-state index in [4.69, 9.17) is 0 Å². The first kappa shape index (κ1) is 12.5. The zero-order valence-corrected chi connectivity index (χ0v) is 10.3. The maximum Gasteiger partial charge on any atom is 0.146 e. The summed E-state index contributed by atoms with van der Waals surface area (Å²) in [6, 6.07) is 10.1. The molecule has 0 bridgehead atoms. The number of anilines is 2. The lowest BCUT2D eigenvalue weighted by Gasteiger charge is -2.20. The van der Waals surface area contributed by atoms with E-state index in [2.05, 4.69) is 4.98 Å². The fourth-order valence-corrected chi connectivity index (χ4v) is 1.71. The average molecular weight is 246 g/mol. The van der Waals surface area contributed by atoms with Gasteiger partial charge in [-0.3, -0.25) is 4.98 Å². The van der Waals surface area contributed by atoms with Gasteiger partial charge in [-0.25, -0.2) is 4.39 Å². The molecule has 0 spiro atoms. The molecule has 0 unspecified atom stereocenters. The minimum atomic E-state index is -0.599. The normalized spacial score (nSPS) is 12.2. The third kappa shape index (κ3) is 2.49. The van der Waals surface area contributed by atoms with Crippen molar-refractivity contribution in [2.24, 2.45) is 0 Å². The number of rotatable bonds is 3. The topological polar surface area (TPSA) is 36.4 Å². The molecule has 1 aromatic heterocycles. The lowest BCUT2D eigenvalue weighted by Crippen LogP contribution is -2.11. The van der Waals surface area contributed by atoms with E-state index in [1.165, 1.54) is 6.07 Å². The SMILES string of the molecule is C[C@H](O)c1ccc(N(C)c2ccccc2F)cn1. The number of hydrogen-bond donors (Lipinski definition) is 1. The van der Waals surface area contributed by atoms with Gasteiger partial charge in [-0.1, -0.05) is 12.1 Å². The van der Waals surface area contributed by atoms with Crippen molar-refractivity contribution < 1.29 is 9.50 Å². The molecule has 3 nitrogen and oxygen atoms in total. The van der Waals surface area contributed by atoms with Crippen molar-refractivity contribution in [3.8, 4) is 0 Å². The Kier molecular flexibility index (Phi) is 3.58. The number of benzene rings is 1. The number of pyridine rings is 1. The molecule has 0 saturated heterocycles. The molecule has 0 aliphatic rings. The molecule has 94 valence electrons. The van der Waals surface area contributed by atoms with Crippen molar-refractivity contribution in [3.63, 3.8) is 0 Å². The molecule has 1 heterocycles. The lowest BCUT2D eigenvalue weighted by molar-refractivity contribution is 0.194. The van der Waals surface area contributed by atoms with Crippen LogP contribution in [-0.4, -0.2) is 17.1 Å². The summed E-state index contributed by atoms with van der Waals surface area (Å²) >= 11 is 0. The van der Waals surface area contributed by atoms with E-state index < -0.39 is 6.10 Å². The van der Waals surface area contributed by atoms with Crippen LogP contribution in [0.25, 0.3) is 0 Å². The van der Waals surface area contributed by atoms with Crippen LogP contribution in [0.3, 0.4) is 0 Å². The van der Waals surface area contributed by atoms with Crippen LogP contribution in [0.5, 0.6) is 0 Å². The molecule has 1 atom stereocenters. The van der Waals surface area contributed by atoms with Crippen molar-refractivity contribution >= 4 is 11.4 Å². The Morgan fingerprint density at radius 2 is 1.94 bits per heavy atom. The van der Waals surface area contributed by atoms with E-state index in [0.717, 1.165) is 5.69 Å². The lowest BCUT2D eigenvalue weighted by atomic mass is 10.2. The van der Waals surface area contributed by atoms with Crippen LogP contribution in [0.15, 0.2) is 42.6 Å². The predicted molar refractivity (Wildman–Crippen MR) is 69.3 cm³/mol. The molecule has 18 heavy (non-hydrogen) atoms. The van der Waals surface area contributed by atoms with Gasteiger partial charge >= 0.3 is 0 Å². The number of aromatic nitrogens is 1. The predicted octanol–water partition coefficient (Wildman–Crippen LogP) is 3.04. The Balaban J connectivity index is 2.29. The highest BCUT2D eigenvalue weighted by Crippen LogP contribution is 2.25. The van der Waals surface area contributed by atoms with Gasteiger partial charge in [0.1, 0.15) is 5.82 Å². The highest BCUT2D eigenvalue weighted by molar-refractivity contribution is 5.62. The molecule has 0 radical (unpaired) electrons. The number of hydrogen-bond acceptors (Lipinski definition) is 3. The highest BCUT2D eigenvalue weighted by Gasteiger charge is 2.09. The molecule has 0 aliphatic heterocycles. The van der Waals surface area contributed by atoms with Crippen molar-refractivity contribution in [2.45, 2.75) is 13.0 Å². The Morgan fingerprint density at radius 3 is 2.50 bits per heavy atom. The van der Waals surface area contributed by atoms with Gasteiger partial charge in [0.05, 0.1) is 29.4 Å². The largest absolute Gasteiger partial charge is 0.387 e. The molecule has 0 amide bonds. The minimum Gasteiger partial charge on any atom is -0.387 e. The minimum absolute atomic E-state index is 0.278. The molecular formula is C14H15FN2O. The second-order valence-electron chi connectivity index (χ2n) is 4.13. The molecule has 0 fully saturated rings. The number of aliphatic hydroxyl groups excluding tert-OH is 1. The van der Waals surface area contributed by atoms with Gasteiger partial charge in [-0.2, -0.15) is 0 Å². The zero-order valence-electron chi connectivity index (χ0n) is 10.3. The Bertz CT molecular complexity index is 526. The smallest absolute Gasteiger partial charge is 0.146 e. The molecular weight excluding hydrogens is 231 g/mol. The first-order valence-electron chi connectivity index (χ1n) is 5.72. The molecule has 1 aromatic carbocycles. The summed E-state index contributed by atoms with van der Waals surface area (Å²) in [5.41, 5.74) is 1.86. The Morgan fingerprint density at radius 1 is 1.22 bits per heavy atom. The summed E-state index contributed by atoms with van der Waals surface area (Å²) in [5, 5.41) is 9.38. The van der Waals surface area contributed by atoms with Crippen LogP contribution in [0.2, 0.25) is 0 Å². The van der Waals surface area contributed by atoms with E-state index in [1.807, 2.05) is 6.07 Å². The van der Waals surface area contributed by atoms with Gasteiger partial charge in [0, 0.05) is 7.05 Å². The third-order valence-corrected chi connectivity index (χ3v) is 2.80. The van der Waals surface area contributed by atoms with Crippen LogP contribution < -0.4 is 4.90 Å². The van der Waals surface area contributed by atoms with E-state index >= 15 is 0 Å². The second kappa shape index (κ2) is 5.14. The quantitative estimate of drug-likeness (QED) is 0.904. The average Bonchev–Trinajstić information content (AvgIpc) is 2.38. The monoisotopic (exact) mass is 246 g/mol. The van der Waals surface area contributed by atoms with E-state index in [-0.39, 0.29) is 5.82 Å². The van der Waals surface area contributed by atoms with E-state index in [1.54, 1.807) is 49.3 Å². The van der Waals surface area contributed by atoms with Gasteiger partial charge in [-0.05, 0) is 31.2 Å². The maximum atomic E-state index is 13.6. The summed E-state index contributed by atoms with van der Waals surface area (Å²) in [6.45, 7) is 1.66. The molecule has 1 N–H and O–H groups in total. The van der Waals surface area contributed by atoms with Crippen LogP contribution in [0.4, 0.5) is 15.8 Å². The van der Waals surface area contributed by atoms with Crippen molar-refractivity contribution in [2.75, 3.05) is 11.9 Å². The number of nitrogens with zero attached hydrogens (tertiary/aromatic N) is 2. The van der Waals surface area contributed by atoms with E-state index in [9.17, 15) is 9.50 Å². The molecule has 2 rings (SSSR count). The summed E-state index contributed by atoms with van der Waals surface area (Å²) < 4.78 is 13.6. The fraction of sp³-hybridized carbons (Fsp3) is 0.214. The summed E-state index contributed by atoms with van der Waals surface area (Å²) in [5.74, 6) is -0.278. The first-order chi connectivity index (χ1) is 8.59.